The van der Waals surface area contributed by atoms with E-state index in [1.165, 1.54) is 96.3 Å². The fourth-order valence-corrected chi connectivity index (χ4v) is 4.17. The van der Waals surface area contributed by atoms with Crippen LogP contribution in [-0.2, 0) is 0 Å². The first-order valence-electron chi connectivity index (χ1n) is 12.2. The maximum absolute atomic E-state index is 10.8. The molecule has 0 aromatic heterocycles. The van der Waals surface area contributed by atoms with Crippen molar-refractivity contribution in [3.8, 4) is 0 Å². The molecule has 1 rings (SSSR count). The second-order valence-corrected chi connectivity index (χ2v) is 8.60. The first-order chi connectivity index (χ1) is 13.2. The van der Waals surface area contributed by atoms with Crippen LogP contribution in [0.15, 0.2) is 4.99 Å². The zero-order valence-corrected chi connectivity index (χ0v) is 18.6. The maximum Gasteiger partial charge on any atom is 0.138 e. The normalized spacial score (nSPS) is 16.2. The molecule has 0 fully saturated rings. The predicted molar refractivity (Wildman–Crippen MR) is 119 cm³/mol. The molecule has 1 aliphatic heterocycles. The van der Waals surface area contributed by atoms with E-state index in [1.807, 2.05) is 11.2 Å². The van der Waals surface area contributed by atoms with Gasteiger partial charge in [0.2, 0.25) is 0 Å². The molecule has 0 saturated carbocycles. The summed E-state index contributed by atoms with van der Waals surface area (Å²) < 4.78 is 0. The first kappa shape index (κ1) is 24.5. The van der Waals surface area contributed by atoms with E-state index in [-0.39, 0.29) is 0 Å². The summed E-state index contributed by atoms with van der Waals surface area (Å²) in [6.07, 6.45) is 25.8. The molecular weight excluding hydrogens is 332 g/mol. The van der Waals surface area contributed by atoms with Gasteiger partial charge in [-0.3, -0.25) is 4.99 Å². The lowest BCUT2D eigenvalue weighted by molar-refractivity contribution is -0.0738. The van der Waals surface area contributed by atoms with Crippen LogP contribution in [0.2, 0.25) is 0 Å². The Labute approximate surface area is 170 Å². The third-order valence-corrected chi connectivity index (χ3v) is 6.22. The Morgan fingerprint density at radius 3 is 1.56 bits per heavy atom. The third kappa shape index (κ3) is 11.8. The maximum atomic E-state index is 10.8. The van der Waals surface area contributed by atoms with Crippen molar-refractivity contribution in [3.05, 3.63) is 0 Å². The van der Waals surface area contributed by atoms with Crippen molar-refractivity contribution in [1.82, 2.24) is 4.90 Å². The Kier molecular flexibility index (Phi) is 14.9. The van der Waals surface area contributed by atoms with E-state index < -0.39 is 5.72 Å². The molecule has 0 spiro atoms. The fourth-order valence-electron chi connectivity index (χ4n) is 4.17. The van der Waals surface area contributed by atoms with Crippen LogP contribution in [0.5, 0.6) is 0 Å². The highest BCUT2D eigenvalue weighted by Crippen LogP contribution is 2.24. The molecule has 160 valence electrons. The lowest BCUT2D eigenvalue weighted by Crippen LogP contribution is -2.46. The minimum absolute atomic E-state index is 0.657. The van der Waals surface area contributed by atoms with Gasteiger partial charge in [0.1, 0.15) is 5.72 Å². The van der Waals surface area contributed by atoms with E-state index >= 15 is 0 Å². The lowest BCUT2D eigenvalue weighted by Gasteiger charge is -2.36. The molecule has 3 nitrogen and oxygen atoms in total. The zero-order chi connectivity index (χ0) is 19.6. The molecule has 1 unspecified atom stereocenters. The van der Waals surface area contributed by atoms with Crippen LogP contribution < -0.4 is 0 Å². The Hall–Kier alpha value is -0.570. The molecule has 0 saturated heterocycles. The predicted octanol–water partition coefficient (Wildman–Crippen LogP) is 7.08. The Balaban J connectivity index is 1.82. The minimum atomic E-state index is -0.657. The van der Waals surface area contributed by atoms with Gasteiger partial charge in [0.15, 0.2) is 0 Å². The van der Waals surface area contributed by atoms with Gasteiger partial charge in [0, 0.05) is 6.54 Å². The van der Waals surface area contributed by atoms with E-state index in [1.54, 1.807) is 0 Å². The van der Waals surface area contributed by atoms with Crippen molar-refractivity contribution in [1.29, 1.82) is 0 Å². The largest absolute Gasteiger partial charge is 0.371 e. The number of aliphatic hydroxyl groups is 1. The van der Waals surface area contributed by atoms with Crippen LogP contribution in [-0.4, -0.2) is 35.2 Å². The summed E-state index contributed by atoms with van der Waals surface area (Å²) >= 11 is 0. The summed E-state index contributed by atoms with van der Waals surface area (Å²) in [7, 11) is 0. The number of rotatable bonds is 19. The van der Waals surface area contributed by atoms with Crippen LogP contribution in [0.4, 0.5) is 0 Å². The number of unbranched alkanes of at least 4 members (excludes halogenated alkanes) is 15. The average Bonchev–Trinajstić information content (AvgIpc) is 3.23. The molecular formula is C24H48N2O. The van der Waals surface area contributed by atoms with Crippen LogP contribution >= 0.6 is 0 Å². The van der Waals surface area contributed by atoms with Gasteiger partial charge < -0.3 is 10.0 Å². The monoisotopic (exact) mass is 380 g/mol. The van der Waals surface area contributed by atoms with Crippen LogP contribution in [0.25, 0.3) is 0 Å². The molecule has 0 amide bonds. The molecule has 0 bridgehead atoms. The molecule has 0 radical (unpaired) electrons. The van der Waals surface area contributed by atoms with Gasteiger partial charge in [-0.2, -0.15) is 0 Å². The van der Waals surface area contributed by atoms with Gasteiger partial charge in [-0.05, 0) is 19.3 Å². The van der Waals surface area contributed by atoms with E-state index in [4.69, 9.17) is 0 Å². The van der Waals surface area contributed by atoms with Crippen molar-refractivity contribution in [3.63, 3.8) is 0 Å². The molecule has 1 heterocycles. The van der Waals surface area contributed by atoms with Crippen molar-refractivity contribution < 1.29 is 5.11 Å². The van der Waals surface area contributed by atoms with Crippen LogP contribution in [0.3, 0.4) is 0 Å². The summed E-state index contributed by atoms with van der Waals surface area (Å²) in [5.74, 6) is 0. The molecule has 27 heavy (non-hydrogen) atoms. The second-order valence-electron chi connectivity index (χ2n) is 8.60. The Morgan fingerprint density at radius 2 is 1.19 bits per heavy atom. The van der Waals surface area contributed by atoms with E-state index in [9.17, 15) is 5.11 Å². The van der Waals surface area contributed by atoms with Gasteiger partial charge in [0.25, 0.3) is 0 Å². The topological polar surface area (TPSA) is 35.8 Å². The molecule has 3 heteroatoms. The van der Waals surface area contributed by atoms with Crippen molar-refractivity contribution in [2.24, 2.45) is 4.99 Å². The Morgan fingerprint density at radius 1 is 0.741 bits per heavy atom. The second kappa shape index (κ2) is 16.4. The number of aliphatic imine (C=N–C) groups is 1. The lowest BCUT2D eigenvalue weighted by atomic mass is 9.99. The standard InChI is InChI=1S/C24H48N2O/c1-3-5-6-7-8-9-10-11-12-13-14-15-16-17-18-19-20-24(27,4-2)26-22-21-25-23-26/h23,27H,3-22H2,1-2H3. The molecule has 1 N–H and O–H groups in total. The summed E-state index contributed by atoms with van der Waals surface area (Å²) in [5.41, 5.74) is -0.657. The van der Waals surface area contributed by atoms with Gasteiger partial charge in [-0.1, -0.05) is 110 Å². The summed E-state index contributed by atoms with van der Waals surface area (Å²) in [4.78, 5) is 6.28. The average molecular weight is 381 g/mol. The van der Waals surface area contributed by atoms with Crippen LogP contribution in [0, 0.1) is 0 Å². The molecule has 1 atom stereocenters. The van der Waals surface area contributed by atoms with E-state index in [2.05, 4.69) is 18.8 Å². The van der Waals surface area contributed by atoms with Crippen molar-refractivity contribution in [2.75, 3.05) is 13.1 Å². The summed E-state index contributed by atoms with van der Waals surface area (Å²) in [6, 6.07) is 0. The van der Waals surface area contributed by atoms with E-state index in [0.717, 1.165) is 32.4 Å². The highest BCUT2D eigenvalue weighted by molar-refractivity contribution is 5.58. The first-order valence-corrected chi connectivity index (χ1v) is 12.2. The number of hydrogen-bond donors (Lipinski definition) is 1. The molecule has 0 aliphatic carbocycles. The highest BCUT2D eigenvalue weighted by atomic mass is 16.3. The van der Waals surface area contributed by atoms with Crippen molar-refractivity contribution >= 4 is 6.34 Å². The van der Waals surface area contributed by atoms with Gasteiger partial charge in [-0.15, -0.1) is 0 Å². The molecule has 0 aromatic rings. The summed E-state index contributed by atoms with van der Waals surface area (Å²) in [5, 5.41) is 10.8. The molecule has 1 aliphatic rings. The van der Waals surface area contributed by atoms with Gasteiger partial charge >= 0.3 is 0 Å². The van der Waals surface area contributed by atoms with Crippen molar-refractivity contribution in [2.45, 2.75) is 135 Å². The minimum Gasteiger partial charge on any atom is -0.371 e. The van der Waals surface area contributed by atoms with E-state index in [0.29, 0.717) is 0 Å². The number of hydrogen-bond acceptors (Lipinski definition) is 3. The third-order valence-electron chi connectivity index (χ3n) is 6.22. The molecule has 0 aromatic carbocycles. The Bertz CT molecular complexity index is 358. The fraction of sp³-hybridized carbons (Fsp3) is 0.958. The SMILES string of the molecule is CCCCCCCCCCCCCCCCCCC(O)(CC)N1C=NCC1. The smallest absolute Gasteiger partial charge is 0.138 e. The highest BCUT2D eigenvalue weighted by Gasteiger charge is 2.31. The summed E-state index contributed by atoms with van der Waals surface area (Å²) in [6.45, 7) is 6.08. The van der Waals surface area contributed by atoms with Gasteiger partial charge in [-0.25, -0.2) is 0 Å². The van der Waals surface area contributed by atoms with Gasteiger partial charge in [0.05, 0.1) is 12.9 Å². The quantitative estimate of drug-likeness (QED) is 0.243. The van der Waals surface area contributed by atoms with Crippen LogP contribution in [0.1, 0.15) is 129 Å². The zero-order valence-electron chi connectivity index (χ0n) is 18.6. The number of nitrogens with zero attached hydrogens (tertiary/aromatic N) is 2.